The van der Waals surface area contributed by atoms with Crippen LogP contribution < -0.4 is 0 Å². The fraction of sp³-hybridized carbons (Fsp3) is 0.812. The number of esters is 1. The standard InChI is InChI=1S/C16H24O4/c1-15(2)6-5-7-16(3)9-8-20-14(18)10(9)12(19-4)11(17)13(15)16/h11-13,17H,5-8H2,1-4H3/t11-,12+,13+,16-/m0/s1. The van der Waals surface area contributed by atoms with E-state index in [0.29, 0.717) is 12.2 Å². The van der Waals surface area contributed by atoms with Crippen molar-refractivity contribution in [3.05, 3.63) is 11.1 Å². The summed E-state index contributed by atoms with van der Waals surface area (Å²) in [6.07, 6.45) is 2.03. The van der Waals surface area contributed by atoms with Crippen LogP contribution >= 0.6 is 0 Å². The minimum atomic E-state index is -0.648. The summed E-state index contributed by atoms with van der Waals surface area (Å²) in [5, 5.41) is 10.9. The highest BCUT2D eigenvalue weighted by molar-refractivity contribution is 5.93. The van der Waals surface area contributed by atoms with E-state index in [1.807, 2.05) is 0 Å². The van der Waals surface area contributed by atoms with Gasteiger partial charge in [-0.2, -0.15) is 0 Å². The molecule has 4 nitrogen and oxygen atoms in total. The number of carbonyl (C=O) groups is 1. The van der Waals surface area contributed by atoms with Crippen LogP contribution in [0.5, 0.6) is 0 Å². The molecule has 3 rings (SSSR count). The molecule has 20 heavy (non-hydrogen) atoms. The van der Waals surface area contributed by atoms with Crippen molar-refractivity contribution < 1.29 is 19.4 Å². The normalized spacial score (nSPS) is 43.0. The van der Waals surface area contributed by atoms with Gasteiger partial charge in [0.1, 0.15) is 12.7 Å². The van der Waals surface area contributed by atoms with Gasteiger partial charge in [-0.05, 0) is 29.2 Å². The maximum Gasteiger partial charge on any atom is 0.337 e. The molecule has 1 N–H and O–H groups in total. The van der Waals surface area contributed by atoms with Gasteiger partial charge in [-0.1, -0.05) is 27.2 Å². The molecule has 1 fully saturated rings. The summed E-state index contributed by atoms with van der Waals surface area (Å²) in [5.41, 5.74) is 1.53. The van der Waals surface area contributed by atoms with E-state index in [1.54, 1.807) is 7.11 Å². The van der Waals surface area contributed by atoms with Crippen molar-refractivity contribution in [3.8, 4) is 0 Å². The molecule has 0 aromatic heterocycles. The van der Waals surface area contributed by atoms with Gasteiger partial charge < -0.3 is 14.6 Å². The summed E-state index contributed by atoms with van der Waals surface area (Å²) in [5.74, 6) is -0.212. The van der Waals surface area contributed by atoms with E-state index in [1.165, 1.54) is 0 Å². The third kappa shape index (κ3) is 1.64. The van der Waals surface area contributed by atoms with Gasteiger partial charge in [-0.15, -0.1) is 0 Å². The first-order chi connectivity index (χ1) is 9.33. The zero-order chi connectivity index (χ0) is 14.7. The largest absolute Gasteiger partial charge is 0.458 e. The summed E-state index contributed by atoms with van der Waals surface area (Å²) in [6, 6.07) is 0. The van der Waals surface area contributed by atoms with Crippen molar-refractivity contribution in [3.63, 3.8) is 0 Å². The summed E-state index contributed by atoms with van der Waals surface area (Å²) >= 11 is 0. The van der Waals surface area contributed by atoms with E-state index >= 15 is 0 Å². The number of rotatable bonds is 1. The highest BCUT2D eigenvalue weighted by Crippen LogP contribution is 2.60. The molecule has 4 heteroatoms. The van der Waals surface area contributed by atoms with Crippen LogP contribution in [-0.4, -0.2) is 37.0 Å². The van der Waals surface area contributed by atoms with Crippen LogP contribution in [0.4, 0.5) is 0 Å². The van der Waals surface area contributed by atoms with Gasteiger partial charge in [-0.25, -0.2) is 4.79 Å². The Kier molecular flexibility index (Phi) is 3.04. The minimum absolute atomic E-state index is 0.0351. The molecule has 0 amide bonds. The molecule has 1 heterocycles. The van der Waals surface area contributed by atoms with Gasteiger partial charge in [0.2, 0.25) is 0 Å². The lowest BCUT2D eigenvalue weighted by Gasteiger charge is -2.56. The SMILES string of the molecule is CO[C@@H]1C2=C(COC2=O)[C@]2(C)CCCC(C)(C)[C@H]2[C@H]1O. The molecule has 0 unspecified atom stereocenters. The first-order valence-corrected chi connectivity index (χ1v) is 7.44. The minimum Gasteiger partial charge on any atom is -0.458 e. The van der Waals surface area contributed by atoms with E-state index < -0.39 is 12.2 Å². The smallest absolute Gasteiger partial charge is 0.337 e. The predicted molar refractivity (Wildman–Crippen MR) is 74.0 cm³/mol. The molecule has 0 radical (unpaired) electrons. The Labute approximate surface area is 120 Å². The van der Waals surface area contributed by atoms with Crippen molar-refractivity contribution >= 4 is 5.97 Å². The third-order valence-corrected chi connectivity index (χ3v) is 5.82. The quantitative estimate of drug-likeness (QED) is 0.747. The number of hydrogen-bond donors (Lipinski definition) is 1. The first kappa shape index (κ1) is 14.1. The van der Waals surface area contributed by atoms with E-state index in [-0.39, 0.29) is 22.7 Å². The van der Waals surface area contributed by atoms with Crippen LogP contribution in [0.15, 0.2) is 11.1 Å². The van der Waals surface area contributed by atoms with Crippen molar-refractivity contribution in [1.29, 1.82) is 0 Å². The van der Waals surface area contributed by atoms with Gasteiger partial charge in [0.25, 0.3) is 0 Å². The zero-order valence-corrected chi connectivity index (χ0v) is 12.7. The Morgan fingerprint density at radius 2 is 2.00 bits per heavy atom. The van der Waals surface area contributed by atoms with Gasteiger partial charge in [0.05, 0.1) is 11.7 Å². The van der Waals surface area contributed by atoms with E-state index in [4.69, 9.17) is 9.47 Å². The number of aliphatic hydroxyl groups is 1. The average molecular weight is 280 g/mol. The number of carbonyl (C=O) groups excluding carboxylic acids is 1. The van der Waals surface area contributed by atoms with Crippen molar-refractivity contribution in [2.45, 2.75) is 52.2 Å². The topological polar surface area (TPSA) is 55.8 Å². The highest BCUT2D eigenvalue weighted by Gasteiger charge is 2.60. The number of methoxy groups -OCH3 is 1. The summed E-state index contributed by atoms with van der Waals surface area (Å²) in [6.45, 7) is 6.98. The Morgan fingerprint density at radius 3 is 2.65 bits per heavy atom. The number of fused-ring (bicyclic) bond motifs is 2. The van der Waals surface area contributed by atoms with Gasteiger partial charge >= 0.3 is 5.97 Å². The Bertz CT molecular complexity index is 479. The average Bonchev–Trinajstić information content (AvgIpc) is 2.72. The Hall–Kier alpha value is -0.870. The molecule has 0 spiro atoms. The maximum absolute atomic E-state index is 12.0. The molecule has 1 saturated carbocycles. The number of cyclic esters (lactones) is 1. The molecular formula is C16H24O4. The fourth-order valence-corrected chi connectivity index (χ4v) is 5.04. The van der Waals surface area contributed by atoms with Crippen molar-refractivity contribution in [2.75, 3.05) is 13.7 Å². The van der Waals surface area contributed by atoms with Crippen LogP contribution in [0.2, 0.25) is 0 Å². The molecule has 112 valence electrons. The number of ether oxygens (including phenoxy) is 2. The predicted octanol–water partition coefficient (Wildman–Crippen LogP) is 2.06. The number of hydrogen-bond acceptors (Lipinski definition) is 4. The van der Waals surface area contributed by atoms with Crippen LogP contribution in [0, 0.1) is 16.7 Å². The molecule has 3 aliphatic rings. The molecule has 0 aromatic rings. The van der Waals surface area contributed by atoms with Crippen LogP contribution in [0.25, 0.3) is 0 Å². The Balaban J connectivity index is 2.17. The van der Waals surface area contributed by atoms with Crippen LogP contribution in [0.1, 0.15) is 40.0 Å². The molecule has 1 aliphatic heterocycles. The van der Waals surface area contributed by atoms with Gasteiger partial charge in [0, 0.05) is 13.0 Å². The van der Waals surface area contributed by atoms with Crippen molar-refractivity contribution in [2.24, 2.45) is 16.7 Å². The molecule has 0 saturated heterocycles. The second kappa shape index (κ2) is 4.31. The zero-order valence-electron chi connectivity index (χ0n) is 12.7. The lowest BCUT2D eigenvalue weighted by molar-refractivity contribution is -0.141. The summed E-state index contributed by atoms with van der Waals surface area (Å²) in [7, 11) is 1.56. The second-order valence-electron chi connectivity index (χ2n) is 7.35. The van der Waals surface area contributed by atoms with E-state index in [9.17, 15) is 9.90 Å². The van der Waals surface area contributed by atoms with Gasteiger partial charge in [-0.3, -0.25) is 0 Å². The lowest BCUT2D eigenvalue weighted by Crippen LogP contribution is -2.57. The second-order valence-corrected chi connectivity index (χ2v) is 7.35. The molecular weight excluding hydrogens is 256 g/mol. The van der Waals surface area contributed by atoms with Crippen molar-refractivity contribution in [1.82, 2.24) is 0 Å². The van der Waals surface area contributed by atoms with Crippen LogP contribution in [0.3, 0.4) is 0 Å². The maximum atomic E-state index is 12.0. The third-order valence-electron chi connectivity index (χ3n) is 5.82. The van der Waals surface area contributed by atoms with Gasteiger partial charge in [0.15, 0.2) is 0 Å². The molecule has 4 atom stereocenters. The molecule has 0 aromatic carbocycles. The lowest BCUT2D eigenvalue weighted by atomic mass is 9.49. The molecule has 2 aliphatic carbocycles. The highest BCUT2D eigenvalue weighted by atomic mass is 16.5. The monoisotopic (exact) mass is 280 g/mol. The molecule has 0 bridgehead atoms. The summed E-state index contributed by atoms with van der Waals surface area (Å²) in [4.78, 5) is 12.0. The first-order valence-electron chi connectivity index (χ1n) is 7.44. The van der Waals surface area contributed by atoms with E-state index in [0.717, 1.165) is 24.8 Å². The van der Waals surface area contributed by atoms with E-state index in [2.05, 4.69) is 20.8 Å². The summed E-state index contributed by atoms with van der Waals surface area (Å²) < 4.78 is 10.7. The fourth-order valence-electron chi connectivity index (χ4n) is 5.04. The number of aliphatic hydroxyl groups excluding tert-OH is 1. The van der Waals surface area contributed by atoms with Crippen LogP contribution in [-0.2, 0) is 14.3 Å². The Morgan fingerprint density at radius 1 is 1.30 bits per heavy atom.